The number of rotatable bonds is 3. The van der Waals surface area contributed by atoms with Crippen LogP contribution in [0.3, 0.4) is 0 Å². The molecule has 102 valence electrons. The normalized spacial score (nSPS) is 17.2. The number of thiocarbonyl (C=S) groups is 1. The topological polar surface area (TPSA) is 46.3 Å². The molecule has 1 aromatic carbocycles. The van der Waals surface area contributed by atoms with Crippen molar-refractivity contribution in [3.63, 3.8) is 0 Å². The van der Waals surface area contributed by atoms with Crippen molar-refractivity contribution in [3.05, 3.63) is 29.8 Å². The van der Waals surface area contributed by atoms with Gasteiger partial charge < -0.3 is 10.6 Å². The van der Waals surface area contributed by atoms with E-state index in [9.17, 15) is 4.79 Å². The van der Waals surface area contributed by atoms with Gasteiger partial charge in [-0.15, -0.1) is 0 Å². The van der Waals surface area contributed by atoms with Gasteiger partial charge in [0.1, 0.15) is 4.99 Å². The van der Waals surface area contributed by atoms with E-state index in [0.29, 0.717) is 4.99 Å². The van der Waals surface area contributed by atoms with Gasteiger partial charge in [-0.3, -0.25) is 4.79 Å². The van der Waals surface area contributed by atoms with Crippen LogP contribution in [0.5, 0.6) is 0 Å². The van der Waals surface area contributed by atoms with E-state index in [0.717, 1.165) is 36.9 Å². The highest BCUT2D eigenvalue weighted by atomic mass is 32.1. The number of nitrogens with two attached hydrogens (primary N) is 1. The van der Waals surface area contributed by atoms with Crippen LogP contribution < -0.4 is 10.6 Å². The monoisotopic (exact) mass is 276 g/mol. The summed E-state index contributed by atoms with van der Waals surface area (Å²) in [7, 11) is 1.82. The first-order valence-electron chi connectivity index (χ1n) is 6.62. The van der Waals surface area contributed by atoms with Gasteiger partial charge in [-0.25, -0.2) is 0 Å². The Bertz CT molecular complexity index is 507. The van der Waals surface area contributed by atoms with Crippen molar-refractivity contribution in [1.82, 2.24) is 0 Å². The summed E-state index contributed by atoms with van der Waals surface area (Å²) in [4.78, 5) is 14.7. The van der Waals surface area contributed by atoms with E-state index in [1.165, 1.54) is 0 Å². The van der Waals surface area contributed by atoms with Crippen LogP contribution in [-0.2, 0) is 4.79 Å². The third-order valence-corrected chi connectivity index (χ3v) is 4.28. The van der Waals surface area contributed by atoms with Crippen molar-refractivity contribution < 1.29 is 4.79 Å². The quantitative estimate of drug-likeness (QED) is 0.864. The molecule has 0 radical (unpaired) electrons. The fourth-order valence-electron chi connectivity index (χ4n) is 2.76. The van der Waals surface area contributed by atoms with E-state index in [1.807, 2.05) is 31.3 Å². The van der Waals surface area contributed by atoms with Crippen LogP contribution in [0, 0.1) is 5.41 Å². The van der Waals surface area contributed by atoms with E-state index in [-0.39, 0.29) is 11.3 Å². The number of carbonyl (C=O) groups is 1. The second-order valence-corrected chi connectivity index (χ2v) is 5.99. The third kappa shape index (κ3) is 2.78. The Hall–Kier alpha value is -1.42. The maximum Gasteiger partial charge on any atom is 0.232 e. The van der Waals surface area contributed by atoms with Gasteiger partial charge in [0.2, 0.25) is 5.91 Å². The molecule has 0 aromatic heterocycles. The van der Waals surface area contributed by atoms with Gasteiger partial charge >= 0.3 is 0 Å². The van der Waals surface area contributed by atoms with E-state index in [2.05, 4.69) is 6.92 Å². The first-order valence-corrected chi connectivity index (χ1v) is 7.03. The number of anilines is 1. The summed E-state index contributed by atoms with van der Waals surface area (Å²) in [6, 6.07) is 7.53. The number of carbonyl (C=O) groups excluding carboxylic acids is 1. The second-order valence-electron chi connectivity index (χ2n) is 5.55. The molecule has 0 saturated heterocycles. The summed E-state index contributed by atoms with van der Waals surface area (Å²) in [5, 5.41) is 0. The Kier molecular flexibility index (Phi) is 3.90. The average Bonchev–Trinajstić information content (AvgIpc) is 2.85. The molecule has 1 aromatic rings. The molecule has 0 atom stereocenters. The molecule has 4 heteroatoms. The van der Waals surface area contributed by atoms with Crippen molar-refractivity contribution in [3.8, 4) is 0 Å². The number of hydrogen-bond acceptors (Lipinski definition) is 2. The van der Waals surface area contributed by atoms with Crippen molar-refractivity contribution in [2.75, 3.05) is 11.9 Å². The zero-order valence-corrected chi connectivity index (χ0v) is 12.3. The Morgan fingerprint density at radius 2 is 2.00 bits per heavy atom. The molecule has 1 aliphatic rings. The molecule has 0 spiro atoms. The Morgan fingerprint density at radius 1 is 1.37 bits per heavy atom. The standard InChI is InChI=1S/C15H20N2OS/c1-15(8-3-4-9-15)14(18)17(2)12-7-5-6-11(10-12)13(16)19/h5-7,10H,3-4,8-9H2,1-2H3,(H2,16,19). The highest BCUT2D eigenvalue weighted by Crippen LogP contribution is 2.39. The minimum Gasteiger partial charge on any atom is -0.389 e. The van der Waals surface area contributed by atoms with Crippen LogP contribution in [0.25, 0.3) is 0 Å². The van der Waals surface area contributed by atoms with E-state index in [4.69, 9.17) is 18.0 Å². The largest absolute Gasteiger partial charge is 0.389 e. The lowest BCUT2D eigenvalue weighted by atomic mass is 9.87. The molecule has 0 unspecified atom stereocenters. The first-order chi connectivity index (χ1) is 8.94. The van der Waals surface area contributed by atoms with Crippen molar-refractivity contribution in [2.24, 2.45) is 11.1 Å². The minimum atomic E-state index is -0.214. The predicted octanol–water partition coefficient (Wildman–Crippen LogP) is 2.86. The van der Waals surface area contributed by atoms with E-state index >= 15 is 0 Å². The lowest BCUT2D eigenvalue weighted by Gasteiger charge is -2.29. The van der Waals surface area contributed by atoms with Gasteiger partial charge in [0.15, 0.2) is 0 Å². The van der Waals surface area contributed by atoms with Crippen molar-refractivity contribution in [2.45, 2.75) is 32.6 Å². The molecule has 19 heavy (non-hydrogen) atoms. The smallest absolute Gasteiger partial charge is 0.232 e. The van der Waals surface area contributed by atoms with Crippen LogP contribution in [0.15, 0.2) is 24.3 Å². The van der Waals surface area contributed by atoms with Crippen molar-refractivity contribution in [1.29, 1.82) is 0 Å². The zero-order valence-electron chi connectivity index (χ0n) is 11.5. The number of hydrogen-bond donors (Lipinski definition) is 1. The van der Waals surface area contributed by atoms with Crippen LogP contribution >= 0.6 is 12.2 Å². The highest BCUT2D eigenvalue weighted by molar-refractivity contribution is 7.80. The summed E-state index contributed by atoms with van der Waals surface area (Å²) in [5.74, 6) is 0.185. The SMILES string of the molecule is CN(C(=O)C1(C)CCCC1)c1cccc(C(N)=S)c1. The first kappa shape index (κ1) is 14.0. The molecule has 0 heterocycles. The number of nitrogens with zero attached hydrogens (tertiary/aromatic N) is 1. The Labute approximate surface area is 119 Å². The van der Waals surface area contributed by atoms with Crippen molar-refractivity contribution >= 4 is 28.8 Å². The molecule has 3 nitrogen and oxygen atoms in total. The predicted molar refractivity (Wildman–Crippen MR) is 82.3 cm³/mol. The lowest BCUT2D eigenvalue weighted by molar-refractivity contribution is -0.126. The summed E-state index contributed by atoms with van der Waals surface area (Å²) in [6.07, 6.45) is 4.24. The van der Waals surface area contributed by atoms with E-state index in [1.54, 1.807) is 4.90 Å². The van der Waals surface area contributed by atoms with Gasteiger partial charge in [-0.05, 0) is 25.0 Å². The molecule has 1 saturated carbocycles. The summed E-state index contributed by atoms with van der Waals surface area (Å²) < 4.78 is 0. The Morgan fingerprint density at radius 3 is 2.58 bits per heavy atom. The molecule has 0 bridgehead atoms. The van der Waals surface area contributed by atoms with Gasteiger partial charge in [0.25, 0.3) is 0 Å². The molecule has 2 N–H and O–H groups in total. The second kappa shape index (κ2) is 5.29. The highest BCUT2D eigenvalue weighted by Gasteiger charge is 2.38. The molecular formula is C15H20N2OS. The van der Waals surface area contributed by atoms with Gasteiger partial charge in [0.05, 0.1) is 0 Å². The third-order valence-electron chi connectivity index (χ3n) is 4.05. The summed E-state index contributed by atoms with van der Waals surface area (Å²) in [5.41, 5.74) is 7.07. The molecule has 0 aliphatic heterocycles. The average molecular weight is 276 g/mol. The molecular weight excluding hydrogens is 256 g/mol. The fraction of sp³-hybridized carbons (Fsp3) is 0.467. The van der Waals surface area contributed by atoms with Gasteiger partial charge in [-0.1, -0.05) is 44.1 Å². The molecule has 2 rings (SSSR count). The van der Waals surface area contributed by atoms with E-state index < -0.39 is 0 Å². The molecule has 1 fully saturated rings. The Balaban J connectivity index is 2.24. The lowest BCUT2D eigenvalue weighted by Crippen LogP contribution is -2.38. The summed E-state index contributed by atoms with van der Waals surface area (Å²) in [6.45, 7) is 2.07. The van der Waals surface area contributed by atoms with Crippen LogP contribution in [0.2, 0.25) is 0 Å². The van der Waals surface area contributed by atoms with Crippen LogP contribution in [0.4, 0.5) is 5.69 Å². The maximum absolute atomic E-state index is 12.6. The van der Waals surface area contributed by atoms with Gasteiger partial charge in [0, 0.05) is 23.7 Å². The fourth-order valence-corrected chi connectivity index (χ4v) is 2.89. The zero-order chi connectivity index (χ0) is 14.0. The van der Waals surface area contributed by atoms with Crippen LogP contribution in [0.1, 0.15) is 38.2 Å². The minimum absolute atomic E-state index is 0.185. The number of benzene rings is 1. The summed E-state index contributed by atoms with van der Waals surface area (Å²) >= 11 is 4.98. The number of amides is 1. The van der Waals surface area contributed by atoms with Gasteiger partial charge in [-0.2, -0.15) is 0 Å². The van der Waals surface area contributed by atoms with Crippen LogP contribution in [-0.4, -0.2) is 17.9 Å². The molecule has 1 amide bonds. The maximum atomic E-state index is 12.6. The molecule has 1 aliphatic carbocycles.